The van der Waals surface area contributed by atoms with Crippen LogP contribution in [0.25, 0.3) is 0 Å². The highest BCUT2D eigenvalue weighted by Gasteiger charge is 2.09. The summed E-state index contributed by atoms with van der Waals surface area (Å²) in [5.41, 5.74) is 1.27. The summed E-state index contributed by atoms with van der Waals surface area (Å²) in [4.78, 5) is 0. The zero-order chi connectivity index (χ0) is 13.0. The Hall–Kier alpha value is -1.07. The van der Waals surface area contributed by atoms with Crippen LogP contribution in [0.2, 0.25) is 0 Å². The van der Waals surface area contributed by atoms with Crippen molar-refractivity contribution in [3.8, 4) is 0 Å². The van der Waals surface area contributed by atoms with Crippen LogP contribution in [0.15, 0.2) is 47.6 Å². The second kappa shape index (κ2) is 6.20. The van der Waals surface area contributed by atoms with E-state index in [1.165, 1.54) is 9.65 Å². The van der Waals surface area contributed by atoms with Gasteiger partial charge in [-0.3, -0.25) is 0 Å². The molecule has 0 aliphatic heterocycles. The van der Waals surface area contributed by atoms with Crippen molar-refractivity contribution in [1.82, 2.24) is 9.19 Å². The van der Waals surface area contributed by atoms with Crippen LogP contribution in [-0.4, -0.2) is 18.6 Å². The summed E-state index contributed by atoms with van der Waals surface area (Å²) < 4.78 is 13.4. The van der Waals surface area contributed by atoms with Crippen LogP contribution in [0, 0.1) is 0 Å². The molecule has 2 aromatic rings. The van der Waals surface area contributed by atoms with E-state index >= 15 is 0 Å². The monoisotopic (exact) mass is 280 g/mol. The van der Waals surface area contributed by atoms with Gasteiger partial charge in [-0.15, -0.1) is 0 Å². The van der Waals surface area contributed by atoms with Gasteiger partial charge in [0.05, 0.1) is 5.25 Å². The molecule has 1 unspecified atom stereocenters. The number of hydrogen-bond donors (Lipinski definition) is 0. The fourth-order valence-electron chi connectivity index (χ4n) is 1.42. The molecule has 18 heavy (non-hydrogen) atoms. The quantitative estimate of drug-likeness (QED) is 0.789. The van der Waals surface area contributed by atoms with Gasteiger partial charge in [0.15, 0.2) is 0 Å². The Morgan fingerprint density at radius 3 is 2.67 bits per heavy atom. The molecule has 0 saturated carbocycles. The van der Waals surface area contributed by atoms with Crippen molar-refractivity contribution >= 4 is 22.7 Å². The summed E-state index contributed by atoms with van der Waals surface area (Å²) in [6.45, 7) is 3.85. The molecule has 0 aliphatic rings. The van der Waals surface area contributed by atoms with Crippen molar-refractivity contribution in [3.63, 3.8) is 0 Å². The van der Waals surface area contributed by atoms with Gasteiger partial charge in [0, 0.05) is 11.9 Å². The Kier molecular flexibility index (Phi) is 4.60. The Morgan fingerprint density at radius 1 is 1.28 bits per heavy atom. The lowest BCUT2D eigenvalue weighted by atomic mass is 10.2. The van der Waals surface area contributed by atoms with Crippen LogP contribution in [0.3, 0.4) is 0 Å². The Bertz CT molecular complexity index is 523. The molecule has 0 saturated heterocycles. The average molecular weight is 280 g/mol. The van der Waals surface area contributed by atoms with Gasteiger partial charge in [-0.05, 0) is 25.5 Å². The first kappa shape index (κ1) is 13.4. The molecule has 3 nitrogen and oxygen atoms in total. The van der Waals surface area contributed by atoms with Crippen LogP contribution < -0.4 is 0 Å². The average Bonchev–Trinajstić information content (AvgIpc) is 2.85. The van der Waals surface area contributed by atoms with Crippen molar-refractivity contribution in [2.24, 2.45) is 0 Å². The SMILES string of the molecule is CC(C)S(=O)n1ccc(SCc2ccccc2)n1. The predicted octanol–water partition coefficient (Wildman–Crippen LogP) is 3.10. The van der Waals surface area contributed by atoms with E-state index in [1.807, 2.05) is 38.1 Å². The summed E-state index contributed by atoms with van der Waals surface area (Å²) in [5.74, 6) is 0.881. The fraction of sp³-hybridized carbons (Fsp3) is 0.308. The molecule has 0 radical (unpaired) electrons. The Balaban J connectivity index is 1.97. The largest absolute Gasteiger partial charge is 0.235 e. The summed E-state index contributed by atoms with van der Waals surface area (Å²) in [5, 5.41) is 5.32. The minimum absolute atomic E-state index is 0.0804. The lowest BCUT2D eigenvalue weighted by molar-refractivity contribution is 0.662. The van der Waals surface area contributed by atoms with Crippen molar-refractivity contribution < 1.29 is 4.21 Å². The molecule has 96 valence electrons. The van der Waals surface area contributed by atoms with Gasteiger partial charge in [-0.25, -0.2) is 4.21 Å². The lowest BCUT2D eigenvalue weighted by Gasteiger charge is -2.03. The molecule has 0 spiro atoms. The van der Waals surface area contributed by atoms with Crippen molar-refractivity contribution in [3.05, 3.63) is 48.2 Å². The molecule has 0 bridgehead atoms. The van der Waals surface area contributed by atoms with E-state index in [-0.39, 0.29) is 5.25 Å². The first-order valence-corrected chi connectivity index (χ1v) is 7.96. The number of aromatic nitrogens is 2. The fourth-order valence-corrected chi connectivity index (χ4v) is 3.06. The summed E-state index contributed by atoms with van der Waals surface area (Å²) in [7, 11) is -1.07. The maximum absolute atomic E-state index is 11.8. The maximum Gasteiger partial charge on any atom is 0.142 e. The van der Waals surface area contributed by atoms with Crippen molar-refractivity contribution in [2.75, 3.05) is 0 Å². The van der Waals surface area contributed by atoms with Crippen LogP contribution in [0.4, 0.5) is 0 Å². The number of hydrogen-bond acceptors (Lipinski definition) is 3. The molecule has 0 amide bonds. The third-order valence-electron chi connectivity index (χ3n) is 2.36. The van der Waals surface area contributed by atoms with Gasteiger partial charge in [-0.2, -0.15) is 9.19 Å². The van der Waals surface area contributed by atoms with E-state index in [0.29, 0.717) is 0 Å². The van der Waals surface area contributed by atoms with Gasteiger partial charge < -0.3 is 0 Å². The summed E-state index contributed by atoms with van der Waals surface area (Å²) in [6.07, 6.45) is 1.78. The van der Waals surface area contributed by atoms with Crippen LogP contribution in [0.1, 0.15) is 19.4 Å². The Morgan fingerprint density at radius 2 is 2.00 bits per heavy atom. The number of thioether (sulfide) groups is 1. The molecule has 0 aliphatic carbocycles. The number of benzene rings is 1. The molecule has 1 aromatic heterocycles. The highest BCUT2D eigenvalue weighted by Crippen LogP contribution is 2.20. The minimum atomic E-state index is -1.07. The third-order valence-corrected chi connectivity index (χ3v) is 4.73. The molecule has 5 heteroatoms. The molecule has 0 fully saturated rings. The zero-order valence-corrected chi connectivity index (χ0v) is 12.1. The second-order valence-electron chi connectivity index (χ2n) is 4.16. The van der Waals surface area contributed by atoms with Gasteiger partial charge in [0.2, 0.25) is 0 Å². The van der Waals surface area contributed by atoms with Crippen LogP contribution >= 0.6 is 11.8 Å². The first-order valence-electron chi connectivity index (χ1n) is 5.80. The van der Waals surface area contributed by atoms with E-state index < -0.39 is 11.0 Å². The predicted molar refractivity (Wildman–Crippen MR) is 76.9 cm³/mol. The van der Waals surface area contributed by atoms with Gasteiger partial charge in [-0.1, -0.05) is 42.1 Å². The Labute approximate surface area is 114 Å². The van der Waals surface area contributed by atoms with E-state index in [0.717, 1.165) is 10.8 Å². The molecular formula is C13H16N2OS2. The summed E-state index contributed by atoms with van der Waals surface area (Å²) in [6, 6.07) is 12.2. The number of rotatable bonds is 5. The molecule has 2 rings (SSSR count). The van der Waals surface area contributed by atoms with E-state index in [9.17, 15) is 4.21 Å². The molecule has 1 atom stereocenters. The highest BCUT2D eigenvalue weighted by atomic mass is 32.2. The number of nitrogens with zero attached hydrogens (tertiary/aromatic N) is 2. The standard InChI is InChI=1S/C13H16N2OS2/c1-11(2)18(16)15-9-8-13(14-15)17-10-12-6-4-3-5-7-12/h3-9,11H,10H2,1-2H3. The first-order chi connectivity index (χ1) is 8.66. The van der Waals surface area contributed by atoms with Crippen LogP contribution in [0.5, 0.6) is 0 Å². The topological polar surface area (TPSA) is 34.9 Å². The zero-order valence-electron chi connectivity index (χ0n) is 10.4. The molecule has 1 heterocycles. The van der Waals surface area contributed by atoms with Crippen molar-refractivity contribution in [2.45, 2.75) is 29.9 Å². The molecule has 0 N–H and O–H groups in total. The normalized spacial score (nSPS) is 12.8. The van der Waals surface area contributed by atoms with Crippen LogP contribution in [-0.2, 0) is 16.7 Å². The lowest BCUT2D eigenvalue weighted by Crippen LogP contribution is -2.15. The molecule has 1 aromatic carbocycles. The van der Waals surface area contributed by atoms with Gasteiger partial charge in [0.25, 0.3) is 0 Å². The van der Waals surface area contributed by atoms with Gasteiger partial charge in [0.1, 0.15) is 16.0 Å². The highest BCUT2D eigenvalue weighted by molar-refractivity contribution is 7.98. The maximum atomic E-state index is 11.8. The third kappa shape index (κ3) is 3.46. The summed E-state index contributed by atoms with van der Waals surface area (Å²) >= 11 is 1.66. The smallest absolute Gasteiger partial charge is 0.142 e. The van der Waals surface area contributed by atoms with E-state index in [2.05, 4.69) is 17.2 Å². The minimum Gasteiger partial charge on any atom is -0.235 e. The molecular weight excluding hydrogens is 264 g/mol. The van der Waals surface area contributed by atoms with Crippen molar-refractivity contribution in [1.29, 1.82) is 0 Å². The van der Waals surface area contributed by atoms with E-state index in [1.54, 1.807) is 18.0 Å². The second-order valence-corrected chi connectivity index (χ2v) is 7.02. The van der Waals surface area contributed by atoms with E-state index in [4.69, 9.17) is 0 Å². The van der Waals surface area contributed by atoms with Gasteiger partial charge >= 0.3 is 0 Å².